The second kappa shape index (κ2) is 8.41. The maximum absolute atomic E-state index is 12.6. The van der Waals surface area contributed by atoms with Crippen LogP contribution in [0.2, 0.25) is 5.02 Å². The number of rotatable bonds is 6. The zero-order chi connectivity index (χ0) is 22.2. The van der Waals surface area contributed by atoms with Gasteiger partial charge in [-0.05, 0) is 36.8 Å². The van der Waals surface area contributed by atoms with Crippen molar-refractivity contribution in [2.24, 2.45) is 0 Å². The molecule has 1 N–H and O–H groups in total. The molecular weight excluding hydrogens is 456 g/mol. The standard InChI is InChI=1S/C21H19ClN4O3S2/c1-3-31(28,29)15-9-7-14(8-10-15)12-19(27)23-18-11-13(2)25-26(18)21-24-20-16(22)5-4-6-17(20)30-21/h4-11H,3,12H2,1-2H3,(H,23,27). The summed E-state index contributed by atoms with van der Waals surface area (Å²) in [6.07, 6.45) is 0.0996. The third-order valence-electron chi connectivity index (χ3n) is 4.67. The number of nitrogens with one attached hydrogen (secondary N) is 1. The second-order valence-electron chi connectivity index (χ2n) is 6.94. The Balaban J connectivity index is 1.55. The highest BCUT2D eigenvalue weighted by molar-refractivity contribution is 7.91. The van der Waals surface area contributed by atoms with Gasteiger partial charge in [-0.3, -0.25) is 4.79 Å². The Labute approximate surface area is 188 Å². The molecule has 0 atom stereocenters. The van der Waals surface area contributed by atoms with Crippen molar-refractivity contribution in [3.8, 4) is 5.13 Å². The lowest BCUT2D eigenvalue weighted by Gasteiger charge is -2.07. The molecule has 1 amide bonds. The molecular formula is C21H19ClN4O3S2. The summed E-state index contributed by atoms with van der Waals surface area (Å²) in [5.74, 6) is 0.293. The number of hydrogen-bond acceptors (Lipinski definition) is 6. The average molecular weight is 475 g/mol. The van der Waals surface area contributed by atoms with Crippen LogP contribution in [0.15, 0.2) is 53.4 Å². The zero-order valence-corrected chi connectivity index (χ0v) is 19.2. The van der Waals surface area contributed by atoms with E-state index in [1.165, 1.54) is 23.5 Å². The number of anilines is 1. The van der Waals surface area contributed by atoms with Crippen LogP contribution in [0, 0.1) is 6.92 Å². The van der Waals surface area contributed by atoms with Gasteiger partial charge in [0.25, 0.3) is 0 Å². The van der Waals surface area contributed by atoms with Gasteiger partial charge >= 0.3 is 0 Å². The summed E-state index contributed by atoms with van der Waals surface area (Å²) >= 11 is 7.66. The second-order valence-corrected chi connectivity index (χ2v) is 10.6. The number of aryl methyl sites for hydroxylation is 1. The Morgan fingerprint density at radius 3 is 2.61 bits per heavy atom. The van der Waals surface area contributed by atoms with Crippen molar-refractivity contribution in [1.29, 1.82) is 0 Å². The molecule has 0 radical (unpaired) electrons. The van der Waals surface area contributed by atoms with E-state index < -0.39 is 9.84 Å². The summed E-state index contributed by atoms with van der Waals surface area (Å²) in [6.45, 7) is 3.43. The molecule has 0 aliphatic heterocycles. The van der Waals surface area contributed by atoms with E-state index in [4.69, 9.17) is 11.6 Å². The smallest absolute Gasteiger partial charge is 0.229 e. The van der Waals surface area contributed by atoms with Gasteiger partial charge in [-0.2, -0.15) is 9.78 Å². The number of fused-ring (bicyclic) bond motifs is 1. The Morgan fingerprint density at radius 1 is 1.19 bits per heavy atom. The van der Waals surface area contributed by atoms with E-state index in [2.05, 4.69) is 15.4 Å². The third kappa shape index (κ3) is 4.48. The Morgan fingerprint density at radius 2 is 1.94 bits per heavy atom. The van der Waals surface area contributed by atoms with E-state index in [-0.39, 0.29) is 23.0 Å². The highest BCUT2D eigenvalue weighted by Gasteiger charge is 2.16. The highest BCUT2D eigenvalue weighted by atomic mass is 35.5. The van der Waals surface area contributed by atoms with Crippen molar-refractivity contribution < 1.29 is 13.2 Å². The van der Waals surface area contributed by atoms with Gasteiger partial charge in [0.2, 0.25) is 11.0 Å². The molecule has 2 aromatic carbocycles. The molecule has 2 aromatic heterocycles. The minimum absolute atomic E-state index is 0.0349. The van der Waals surface area contributed by atoms with Crippen LogP contribution < -0.4 is 5.32 Å². The van der Waals surface area contributed by atoms with Crippen LogP contribution in [0.3, 0.4) is 0 Å². The van der Waals surface area contributed by atoms with Gasteiger partial charge in [0.15, 0.2) is 9.84 Å². The van der Waals surface area contributed by atoms with Crippen molar-refractivity contribution in [3.63, 3.8) is 0 Å². The van der Waals surface area contributed by atoms with Crippen LogP contribution in [0.25, 0.3) is 15.3 Å². The first-order valence-corrected chi connectivity index (χ1v) is 12.3. The molecule has 0 bridgehead atoms. The summed E-state index contributed by atoms with van der Waals surface area (Å²) in [4.78, 5) is 17.4. The number of carbonyl (C=O) groups excluding carboxylic acids is 1. The van der Waals surface area contributed by atoms with Gasteiger partial charge < -0.3 is 5.32 Å². The van der Waals surface area contributed by atoms with E-state index in [1.54, 1.807) is 35.9 Å². The number of thiazole rings is 1. The van der Waals surface area contributed by atoms with Crippen LogP contribution in [0.5, 0.6) is 0 Å². The van der Waals surface area contributed by atoms with Crippen LogP contribution in [0.1, 0.15) is 18.2 Å². The molecule has 7 nitrogen and oxygen atoms in total. The molecule has 0 saturated heterocycles. The van der Waals surface area contributed by atoms with Gasteiger partial charge in [-0.1, -0.05) is 48.1 Å². The Kier molecular flexibility index (Phi) is 5.83. The van der Waals surface area contributed by atoms with Gasteiger partial charge in [0.1, 0.15) is 11.3 Å². The first-order valence-electron chi connectivity index (χ1n) is 9.50. The number of halogens is 1. The molecule has 4 rings (SSSR count). The SMILES string of the molecule is CCS(=O)(=O)c1ccc(CC(=O)Nc2cc(C)nn2-c2nc3c(Cl)cccc3s2)cc1. The largest absolute Gasteiger partial charge is 0.310 e. The van der Waals surface area contributed by atoms with E-state index in [0.29, 0.717) is 27.1 Å². The number of nitrogens with zero attached hydrogens (tertiary/aromatic N) is 3. The molecule has 0 unspecified atom stereocenters. The van der Waals surface area contributed by atoms with Gasteiger partial charge in [-0.15, -0.1) is 0 Å². The zero-order valence-electron chi connectivity index (χ0n) is 16.8. The predicted molar refractivity (Wildman–Crippen MR) is 123 cm³/mol. The Bertz CT molecular complexity index is 1380. The number of amides is 1. The molecule has 160 valence electrons. The van der Waals surface area contributed by atoms with Gasteiger partial charge in [0.05, 0.1) is 32.5 Å². The summed E-state index contributed by atoms with van der Waals surface area (Å²) in [6, 6.07) is 13.7. The monoisotopic (exact) mass is 474 g/mol. The van der Waals surface area contributed by atoms with Crippen molar-refractivity contribution in [2.75, 3.05) is 11.1 Å². The number of para-hydroxylation sites is 1. The minimum Gasteiger partial charge on any atom is -0.310 e. The van der Waals surface area contributed by atoms with Gasteiger partial charge in [-0.25, -0.2) is 13.4 Å². The molecule has 31 heavy (non-hydrogen) atoms. The quantitative estimate of drug-likeness (QED) is 0.446. The van der Waals surface area contributed by atoms with Crippen molar-refractivity contribution in [2.45, 2.75) is 25.2 Å². The lowest BCUT2D eigenvalue weighted by molar-refractivity contribution is -0.115. The summed E-state index contributed by atoms with van der Waals surface area (Å²) in [5, 5.41) is 8.48. The van der Waals surface area contributed by atoms with Crippen molar-refractivity contribution >= 4 is 54.7 Å². The number of hydrogen-bond donors (Lipinski definition) is 1. The number of sulfone groups is 1. The topological polar surface area (TPSA) is 94.0 Å². The van der Waals surface area contributed by atoms with Crippen LogP contribution >= 0.6 is 22.9 Å². The third-order valence-corrected chi connectivity index (χ3v) is 7.72. The summed E-state index contributed by atoms with van der Waals surface area (Å²) in [5.41, 5.74) is 2.13. The predicted octanol–water partition coefficient (Wildman–Crippen LogP) is 4.42. The fourth-order valence-electron chi connectivity index (χ4n) is 3.08. The molecule has 0 aliphatic rings. The molecule has 0 saturated carbocycles. The molecule has 0 spiro atoms. The van der Waals surface area contributed by atoms with Crippen LogP contribution in [-0.2, 0) is 21.1 Å². The fourth-order valence-corrected chi connectivity index (χ4v) is 5.20. The molecule has 2 heterocycles. The molecule has 4 aromatic rings. The summed E-state index contributed by atoms with van der Waals surface area (Å²) < 4.78 is 26.4. The molecule has 10 heteroatoms. The van der Waals surface area contributed by atoms with Crippen molar-refractivity contribution in [3.05, 3.63) is 64.8 Å². The maximum atomic E-state index is 12.6. The molecule has 0 fully saturated rings. The fraction of sp³-hybridized carbons (Fsp3) is 0.190. The lowest BCUT2D eigenvalue weighted by Crippen LogP contribution is -2.17. The first kappa shape index (κ1) is 21.5. The normalized spacial score (nSPS) is 11.7. The average Bonchev–Trinajstić information content (AvgIpc) is 3.32. The molecule has 0 aliphatic carbocycles. The van der Waals surface area contributed by atoms with Crippen LogP contribution in [-0.4, -0.2) is 34.8 Å². The first-order chi connectivity index (χ1) is 14.8. The van der Waals surface area contributed by atoms with E-state index in [1.807, 2.05) is 19.1 Å². The summed E-state index contributed by atoms with van der Waals surface area (Å²) in [7, 11) is -3.27. The number of benzene rings is 2. The Hall–Kier alpha value is -2.75. The number of carbonyl (C=O) groups is 1. The van der Waals surface area contributed by atoms with Crippen molar-refractivity contribution in [1.82, 2.24) is 14.8 Å². The van der Waals surface area contributed by atoms with E-state index in [9.17, 15) is 13.2 Å². The maximum Gasteiger partial charge on any atom is 0.229 e. The van der Waals surface area contributed by atoms with Crippen LogP contribution in [0.4, 0.5) is 5.82 Å². The highest BCUT2D eigenvalue weighted by Crippen LogP contribution is 2.31. The minimum atomic E-state index is -3.27. The van der Waals surface area contributed by atoms with E-state index >= 15 is 0 Å². The number of aromatic nitrogens is 3. The lowest BCUT2D eigenvalue weighted by atomic mass is 10.1. The van der Waals surface area contributed by atoms with Gasteiger partial charge in [0, 0.05) is 6.07 Å². The van der Waals surface area contributed by atoms with E-state index in [0.717, 1.165) is 10.4 Å².